The quantitative estimate of drug-likeness (QED) is 0.257. The molecule has 0 radical (unpaired) electrons. The molecule has 44 heavy (non-hydrogen) atoms. The van der Waals surface area contributed by atoms with Crippen LogP contribution in [0.4, 0.5) is 5.95 Å². The number of nitrogens with one attached hydrogen (secondary N) is 2. The molecule has 0 saturated carbocycles. The van der Waals surface area contributed by atoms with Crippen molar-refractivity contribution in [2.24, 2.45) is 0 Å². The second kappa shape index (κ2) is 13.1. The number of ether oxygens (including phenoxy) is 1. The van der Waals surface area contributed by atoms with E-state index in [4.69, 9.17) is 32.9 Å². The summed E-state index contributed by atoms with van der Waals surface area (Å²) >= 11 is 12.3. The van der Waals surface area contributed by atoms with E-state index in [9.17, 15) is 14.4 Å². The number of anilines is 1. The number of hydrogen-bond acceptors (Lipinski definition) is 6. The summed E-state index contributed by atoms with van der Waals surface area (Å²) in [6.07, 6.45) is 0.324. The molecule has 2 amide bonds. The molecule has 3 aromatic carbocycles. The largest absolute Gasteiger partial charge is 0.497 e. The number of fused-ring (bicyclic) bond motifs is 1. The lowest BCUT2D eigenvalue weighted by Gasteiger charge is -2.34. The molecule has 1 unspecified atom stereocenters. The first-order chi connectivity index (χ1) is 21.1. The molecule has 228 valence electrons. The van der Waals surface area contributed by atoms with Crippen LogP contribution in [0.3, 0.4) is 0 Å². The van der Waals surface area contributed by atoms with Gasteiger partial charge in [-0.1, -0.05) is 42.3 Å². The number of benzene rings is 3. The summed E-state index contributed by atoms with van der Waals surface area (Å²) in [5.74, 6) is 0.704. The fourth-order valence-electron chi connectivity index (χ4n) is 5.30. The standard InChI is InChI=1S/C33H33Cl2N5O4/c1-19(22-6-5-7-25(15-22)44-4)17-37-33-38-29-18-39(31(42)23-10-13-27(34)28(35)16-23)20(2)14-26(29)32(43)40(33)24-11-8-21(9-12-24)30(41)36-3/h5-13,15-16,19-20H,14,17-18H2,1-4H3,(H,36,41)(H,37,38)/t19?,20-/m1/s1. The van der Waals surface area contributed by atoms with Crippen LogP contribution >= 0.6 is 23.2 Å². The normalized spacial score (nSPS) is 14.9. The third-order valence-electron chi connectivity index (χ3n) is 7.89. The topological polar surface area (TPSA) is 106 Å². The van der Waals surface area contributed by atoms with Crippen molar-refractivity contribution in [3.05, 3.63) is 115 Å². The van der Waals surface area contributed by atoms with Crippen molar-refractivity contribution in [3.8, 4) is 11.4 Å². The van der Waals surface area contributed by atoms with Gasteiger partial charge in [0.15, 0.2) is 0 Å². The zero-order valence-corrected chi connectivity index (χ0v) is 26.4. The van der Waals surface area contributed by atoms with Gasteiger partial charge in [-0.2, -0.15) is 0 Å². The zero-order chi connectivity index (χ0) is 31.5. The Labute approximate surface area is 265 Å². The van der Waals surface area contributed by atoms with E-state index in [1.165, 1.54) is 4.57 Å². The second-order valence-corrected chi connectivity index (χ2v) is 11.6. The summed E-state index contributed by atoms with van der Waals surface area (Å²) in [6.45, 7) is 4.60. The fourth-order valence-corrected chi connectivity index (χ4v) is 5.60. The van der Waals surface area contributed by atoms with Crippen LogP contribution in [-0.4, -0.2) is 53.0 Å². The number of methoxy groups -OCH3 is 1. The number of halogens is 2. The van der Waals surface area contributed by atoms with Crippen LogP contribution < -0.4 is 20.9 Å². The number of nitrogens with zero attached hydrogens (tertiary/aromatic N) is 3. The van der Waals surface area contributed by atoms with Gasteiger partial charge in [0, 0.05) is 36.3 Å². The average molecular weight is 635 g/mol. The van der Waals surface area contributed by atoms with Crippen LogP contribution in [-0.2, 0) is 13.0 Å². The highest BCUT2D eigenvalue weighted by Crippen LogP contribution is 2.28. The van der Waals surface area contributed by atoms with Crippen molar-refractivity contribution < 1.29 is 14.3 Å². The molecule has 0 spiro atoms. The molecule has 11 heteroatoms. The van der Waals surface area contributed by atoms with Crippen LogP contribution in [0.25, 0.3) is 5.69 Å². The van der Waals surface area contributed by atoms with Gasteiger partial charge < -0.3 is 20.3 Å². The third kappa shape index (κ3) is 6.30. The van der Waals surface area contributed by atoms with Gasteiger partial charge in [0.05, 0.1) is 35.1 Å². The maximum atomic E-state index is 14.1. The van der Waals surface area contributed by atoms with Gasteiger partial charge in [-0.25, -0.2) is 9.55 Å². The Morgan fingerprint density at radius 2 is 1.77 bits per heavy atom. The Bertz CT molecular complexity index is 1770. The number of amides is 2. The summed E-state index contributed by atoms with van der Waals surface area (Å²) in [4.78, 5) is 46.4. The first kappa shape index (κ1) is 31.1. The van der Waals surface area contributed by atoms with Gasteiger partial charge in [-0.05, 0) is 79.4 Å². The molecular formula is C33H33Cl2N5O4. The molecule has 1 aromatic heterocycles. The highest BCUT2D eigenvalue weighted by atomic mass is 35.5. The van der Waals surface area contributed by atoms with Gasteiger partial charge in [0.1, 0.15) is 5.75 Å². The lowest BCUT2D eigenvalue weighted by Crippen LogP contribution is -2.46. The van der Waals surface area contributed by atoms with E-state index in [1.807, 2.05) is 31.2 Å². The highest BCUT2D eigenvalue weighted by molar-refractivity contribution is 6.42. The summed E-state index contributed by atoms with van der Waals surface area (Å²) in [7, 11) is 3.19. The molecule has 9 nitrogen and oxygen atoms in total. The van der Waals surface area contributed by atoms with E-state index in [0.29, 0.717) is 57.0 Å². The molecule has 1 aliphatic rings. The zero-order valence-electron chi connectivity index (χ0n) is 24.9. The van der Waals surface area contributed by atoms with E-state index < -0.39 is 0 Å². The first-order valence-electron chi connectivity index (χ1n) is 14.2. The van der Waals surface area contributed by atoms with Gasteiger partial charge in [-0.3, -0.25) is 14.4 Å². The monoisotopic (exact) mass is 633 g/mol. The smallest absolute Gasteiger partial charge is 0.263 e. The SMILES string of the molecule is CNC(=O)c1ccc(-n2c(NCC(C)c3cccc(OC)c3)nc3c(c2=O)C[C@@H](C)N(C(=O)c2ccc(Cl)c(Cl)c2)C3)cc1. The number of aromatic nitrogens is 2. The molecule has 1 aliphatic heterocycles. The predicted molar refractivity (Wildman–Crippen MR) is 173 cm³/mol. The third-order valence-corrected chi connectivity index (χ3v) is 8.62. The molecule has 0 aliphatic carbocycles. The number of carbonyl (C=O) groups is 2. The van der Waals surface area contributed by atoms with Crippen LogP contribution in [0.1, 0.15) is 57.3 Å². The maximum Gasteiger partial charge on any atom is 0.263 e. The minimum Gasteiger partial charge on any atom is -0.497 e. The minimum atomic E-state index is -0.269. The Hall–Kier alpha value is -4.34. The molecule has 5 rings (SSSR count). The van der Waals surface area contributed by atoms with Crippen molar-refractivity contribution in [1.82, 2.24) is 19.8 Å². The Kier molecular flexibility index (Phi) is 9.27. The molecule has 4 aromatic rings. The van der Waals surface area contributed by atoms with E-state index in [2.05, 4.69) is 17.6 Å². The molecule has 0 saturated heterocycles. The lowest BCUT2D eigenvalue weighted by molar-refractivity contribution is 0.0653. The Morgan fingerprint density at radius 1 is 1.05 bits per heavy atom. The first-order valence-corrected chi connectivity index (χ1v) is 15.0. The summed E-state index contributed by atoms with van der Waals surface area (Å²) < 4.78 is 6.92. The molecule has 0 fully saturated rings. The predicted octanol–water partition coefficient (Wildman–Crippen LogP) is 5.71. The molecule has 2 N–H and O–H groups in total. The van der Waals surface area contributed by atoms with Crippen LogP contribution in [0.2, 0.25) is 10.0 Å². The highest BCUT2D eigenvalue weighted by Gasteiger charge is 2.32. The van der Waals surface area contributed by atoms with Crippen molar-refractivity contribution in [2.75, 3.05) is 26.0 Å². The molecule has 2 heterocycles. The van der Waals surface area contributed by atoms with E-state index in [1.54, 1.807) is 61.5 Å². The van der Waals surface area contributed by atoms with Crippen LogP contribution in [0.5, 0.6) is 5.75 Å². The van der Waals surface area contributed by atoms with E-state index in [0.717, 1.165) is 11.3 Å². The maximum absolute atomic E-state index is 14.1. The Balaban J connectivity index is 1.53. The number of carbonyl (C=O) groups excluding carboxylic acids is 2. The summed E-state index contributed by atoms with van der Waals surface area (Å²) in [5.41, 5.74) is 3.34. The van der Waals surface area contributed by atoms with Crippen molar-refractivity contribution in [3.63, 3.8) is 0 Å². The number of rotatable bonds is 8. The number of hydrogen-bond donors (Lipinski definition) is 2. The van der Waals surface area contributed by atoms with Crippen LogP contribution in [0.15, 0.2) is 71.5 Å². The van der Waals surface area contributed by atoms with Crippen molar-refractivity contribution >= 4 is 41.0 Å². The Morgan fingerprint density at radius 3 is 2.45 bits per heavy atom. The fraction of sp³-hybridized carbons (Fsp3) is 0.273. The van der Waals surface area contributed by atoms with Gasteiger partial charge in [0.25, 0.3) is 17.4 Å². The van der Waals surface area contributed by atoms with Gasteiger partial charge in [-0.15, -0.1) is 0 Å². The van der Waals surface area contributed by atoms with Gasteiger partial charge >= 0.3 is 0 Å². The molecule has 2 atom stereocenters. The van der Waals surface area contributed by atoms with E-state index >= 15 is 0 Å². The minimum absolute atomic E-state index is 0.0508. The van der Waals surface area contributed by atoms with Gasteiger partial charge in [0.2, 0.25) is 5.95 Å². The van der Waals surface area contributed by atoms with E-state index in [-0.39, 0.29) is 35.9 Å². The summed E-state index contributed by atoms with van der Waals surface area (Å²) in [5, 5.41) is 6.65. The molecule has 0 bridgehead atoms. The summed E-state index contributed by atoms with van der Waals surface area (Å²) in [6, 6.07) is 19.1. The van der Waals surface area contributed by atoms with Crippen molar-refractivity contribution in [2.45, 2.75) is 38.8 Å². The van der Waals surface area contributed by atoms with Crippen molar-refractivity contribution in [1.29, 1.82) is 0 Å². The molecular weight excluding hydrogens is 601 g/mol. The average Bonchev–Trinajstić information content (AvgIpc) is 3.04. The lowest BCUT2D eigenvalue weighted by atomic mass is 9.98. The second-order valence-electron chi connectivity index (χ2n) is 10.8. The van der Waals surface area contributed by atoms with Crippen LogP contribution in [0, 0.1) is 0 Å².